The first kappa shape index (κ1) is 22.0. The Kier molecular flexibility index (Phi) is 7.06. The van der Waals surface area contributed by atoms with Crippen molar-refractivity contribution in [2.24, 2.45) is 23.2 Å². The van der Waals surface area contributed by atoms with Crippen LogP contribution in [-0.2, 0) is 4.79 Å². The van der Waals surface area contributed by atoms with E-state index in [1.807, 2.05) is 0 Å². The summed E-state index contributed by atoms with van der Waals surface area (Å²) in [6.07, 6.45) is 3.57. The number of β-amino-alcohol motifs (C(OH)–C–C–N with tert-alkyl or cyclic N) is 2. The average molecular weight is 397 g/mol. The Morgan fingerprint density at radius 1 is 0.893 bits per heavy atom. The van der Waals surface area contributed by atoms with Gasteiger partial charge in [-0.1, -0.05) is 20.8 Å². The van der Waals surface area contributed by atoms with Crippen LogP contribution in [0.25, 0.3) is 0 Å². The largest absolute Gasteiger partial charge is 0.389 e. The summed E-state index contributed by atoms with van der Waals surface area (Å²) in [5.74, 6) is 1.79. The van der Waals surface area contributed by atoms with Crippen LogP contribution in [0.2, 0.25) is 0 Å². The Hall–Kier alpha value is -0.690. The van der Waals surface area contributed by atoms with Crippen LogP contribution in [-0.4, -0.2) is 82.1 Å². The molecule has 0 radical (unpaired) electrons. The molecule has 6 nitrogen and oxygen atoms in total. The van der Waals surface area contributed by atoms with E-state index < -0.39 is 18.3 Å². The van der Waals surface area contributed by atoms with Gasteiger partial charge in [-0.2, -0.15) is 0 Å². The fourth-order valence-electron chi connectivity index (χ4n) is 5.39. The van der Waals surface area contributed by atoms with Crippen molar-refractivity contribution in [1.29, 1.82) is 0 Å². The molecule has 0 aromatic carbocycles. The number of nitrogens with zero attached hydrogens (tertiary/aromatic N) is 2. The summed E-state index contributed by atoms with van der Waals surface area (Å²) in [5.41, 5.74) is 0.345. The molecule has 0 spiro atoms. The van der Waals surface area contributed by atoms with Gasteiger partial charge in [0.05, 0.1) is 12.2 Å². The topological polar surface area (TPSA) is 84.2 Å². The molecular formula is C22H40N2O4. The van der Waals surface area contributed by atoms with Crippen LogP contribution in [0.15, 0.2) is 0 Å². The minimum absolute atomic E-state index is 0.212. The number of hydrogen-bond donors (Lipinski definition) is 3. The maximum atomic E-state index is 12.9. The highest BCUT2D eigenvalue weighted by molar-refractivity contribution is 5.79. The monoisotopic (exact) mass is 396 g/mol. The summed E-state index contributed by atoms with van der Waals surface area (Å²) in [6.45, 7) is 10.2. The predicted molar refractivity (Wildman–Crippen MR) is 109 cm³/mol. The molecule has 2 saturated heterocycles. The molecule has 2 unspecified atom stereocenters. The van der Waals surface area contributed by atoms with Crippen LogP contribution in [0.3, 0.4) is 0 Å². The van der Waals surface area contributed by atoms with Gasteiger partial charge in [-0.05, 0) is 55.8 Å². The van der Waals surface area contributed by atoms with Gasteiger partial charge in [0.25, 0.3) is 0 Å². The lowest BCUT2D eigenvalue weighted by Crippen LogP contribution is -2.56. The number of hydrogen-bond acceptors (Lipinski definition) is 5. The van der Waals surface area contributed by atoms with Gasteiger partial charge in [0.15, 0.2) is 0 Å². The van der Waals surface area contributed by atoms with Gasteiger partial charge in [0, 0.05) is 38.6 Å². The summed E-state index contributed by atoms with van der Waals surface area (Å²) >= 11 is 0. The van der Waals surface area contributed by atoms with E-state index in [1.165, 1.54) is 12.8 Å². The zero-order valence-corrected chi connectivity index (χ0v) is 17.9. The minimum Gasteiger partial charge on any atom is -0.389 e. The molecule has 1 amide bonds. The molecule has 3 N–H and O–H groups in total. The van der Waals surface area contributed by atoms with E-state index in [0.717, 1.165) is 51.2 Å². The van der Waals surface area contributed by atoms with Crippen LogP contribution < -0.4 is 0 Å². The second kappa shape index (κ2) is 8.99. The second-order valence-electron chi connectivity index (χ2n) is 10.5. The number of likely N-dealkylation sites (tertiary alicyclic amines) is 2. The first-order chi connectivity index (χ1) is 13.1. The lowest BCUT2D eigenvalue weighted by molar-refractivity contribution is -0.139. The van der Waals surface area contributed by atoms with Gasteiger partial charge in [-0.15, -0.1) is 0 Å². The maximum Gasteiger partial charge on any atom is 0.225 e. The molecule has 6 heteroatoms. The van der Waals surface area contributed by atoms with E-state index in [2.05, 4.69) is 30.6 Å². The van der Waals surface area contributed by atoms with Crippen LogP contribution in [0.5, 0.6) is 0 Å². The van der Waals surface area contributed by atoms with Crippen molar-refractivity contribution >= 4 is 5.91 Å². The van der Waals surface area contributed by atoms with Gasteiger partial charge < -0.3 is 20.2 Å². The van der Waals surface area contributed by atoms with Crippen molar-refractivity contribution in [2.45, 2.75) is 77.6 Å². The Morgan fingerprint density at radius 2 is 1.43 bits per heavy atom. The number of carbonyl (C=O) groups excluding carboxylic acids is 1. The van der Waals surface area contributed by atoms with Gasteiger partial charge in [-0.3, -0.25) is 9.69 Å². The lowest BCUT2D eigenvalue weighted by atomic mass is 9.69. The summed E-state index contributed by atoms with van der Waals surface area (Å²) < 4.78 is 0. The highest BCUT2D eigenvalue weighted by atomic mass is 16.4. The molecule has 0 aromatic rings. The van der Waals surface area contributed by atoms with Crippen molar-refractivity contribution in [2.75, 3.05) is 32.7 Å². The first-order valence-corrected chi connectivity index (χ1v) is 11.2. The molecule has 0 aromatic heterocycles. The van der Waals surface area contributed by atoms with Crippen LogP contribution >= 0.6 is 0 Å². The van der Waals surface area contributed by atoms with Crippen LogP contribution in [0.1, 0.15) is 59.3 Å². The molecule has 3 fully saturated rings. The van der Waals surface area contributed by atoms with Gasteiger partial charge >= 0.3 is 0 Å². The Bertz CT molecular complexity index is 507. The third kappa shape index (κ3) is 5.26. The van der Waals surface area contributed by atoms with Crippen molar-refractivity contribution < 1.29 is 20.1 Å². The van der Waals surface area contributed by atoms with Crippen molar-refractivity contribution in [3.8, 4) is 0 Å². The fourth-order valence-corrected chi connectivity index (χ4v) is 5.39. The molecule has 3 aliphatic rings. The number of aliphatic hydroxyl groups is 3. The molecule has 2 aliphatic heterocycles. The normalized spacial score (nSPS) is 36.5. The zero-order chi connectivity index (χ0) is 20.5. The molecule has 162 valence electrons. The standard InChI is InChI=1S/C22H40N2O4/c1-22(2,3)17-6-4-16(5-7-17)21(28)24-10-8-15(9-11-24)12-23-13-18(25)20(27)19(26)14-23/h15-20,25-27H,4-14H2,1-3H3. The van der Waals surface area contributed by atoms with Gasteiger partial charge in [-0.25, -0.2) is 0 Å². The molecule has 28 heavy (non-hydrogen) atoms. The number of piperidine rings is 2. The highest BCUT2D eigenvalue weighted by Gasteiger charge is 2.37. The van der Waals surface area contributed by atoms with E-state index in [9.17, 15) is 20.1 Å². The molecule has 0 bridgehead atoms. The van der Waals surface area contributed by atoms with Gasteiger partial charge in [0.2, 0.25) is 5.91 Å². The summed E-state index contributed by atoms with van der Waals surface area (Å²) in [7, 11) is 0. The predicted octanol–water partition coefficient (Wildman–Crippen LogP) is 1.48. The van der Waals surface area contributed by atoms with Gasteiger partial charge in [0.1, 0.15) is 6.10 Å². The Balaban J connectivity index is 1.41. The smallest absolute Gasteiger partial charge is 0.225 e. The van der Waals surface area contributed by atoms with E-state index in [1.54, 1.807) is 0 Å². The molecule has 1 saturated carbocycles. The maximum absolute atomic E-state index is 12.9. The molecule has 2 heterocycles. The van der Waals surface area contributed by atoms with Crippen LogP contribution in [0, 0.1) is 23.2 Å². The third-order valence-electron chi connectivity index (χ3n) is 7.42. The molecule has 2 atom stereocenters. The van der Waals surface area contributed by atoms with E-state index in [-0.39, 0.29) is 5.92 Å². The number of carbonyl (C=O) groups is 1. The zero-order valence-electron chi connectivity index (χ0n) is 17.9. The molecule has 3 rings (SSSR count). The van der Waals surface area contributed by atoms with E-state index in [4.69, 9.17) is 0 Å². The quantitative estimate of drug-likeness (QED) is 0.673. The molecule has 1 aliphatic carbocycles. The van der Waals surface area contributed by atoms with Crippen LogP contribution in [0.4, 0.5) is 0 Å². The van der Waals surface area contributed by atoms with Crippen molar-refractivity contribution in [3.63, 3.8) is 0 Å². The Labute approximate surface area is 169 Å². The first-order valence-electron chi connectivity index (χ1n) is 11.2. The number of rotatable bonds is 3. The fraction of sp³-hybridized carbons (Fsp3) is 0.955. The summed E-state index contributed by atoms with van der Waals surface area (Å²) in [4.78, 5) is 17.1. The lowest BCUT2D eigenvalue weighted by Gasteiger charge is -2.41. The number of amides is 1. The van der Waals surface area contributed by atoms with E-state index in [0.29, 0.717) is 30.3 Å². The number of aliphatic hydroxyl groups excluding tert-OH is 3. The average Bonchev–Trinajstić information content (AvgIpc) is 2.65. The van der Waals surface area contributed by atoms with Crippen molar-refractivity contribution in [1.82, 2.24) is 9.80 Å². The van der Waals surface area contributed by atoms with Crippen molar-refractivity contribution in [3.05, 3.63) is 0 Å². The summed E-state index contributed by atoms with van der Waals surface area (Å²) in [6, 6.07) is 0. The summed E-state index contributed by atoms with van der Waals surface area (Å²) in [5, 5.41) is 29.4. The SMILES string of the molecule is CC(C)(C)C1CCC(C(=O)N2CCC(CN3CC(O)C(O)C(O)C3)CC2)CC1. The highest BCUT2D eigenvalue weighted by Crippen LogP contribution is 2.40. The molecular weight excluding hydrogens is 356 g/mol. The third-order valence-corrected chi connectivity index (χ3v) is 7.42. The van der Waals surface area contributed by atoms with E-state index >= 15 is 0 Å². The Morgan fingerprint density at radius 3 is 1.93 bits per heavy atom. The second-order valence-corrected chi connectivity index (χ2v) is 10.5. The minimum atomic E-state index is -1.04.